The number of rotatable bonds is 4. The average molecular weight is 291 g/mol. The first-order chi connectivity index (χ1) is 9.21. The summed E-state index contributed by atoms with van der Waals surface area (Å²) in [4.78, 5) is 5.43. The molecule has 2 aromatic rings. The van der Waals surface area contributed by atoms with Gasteiger partial charge in [-0.1, -0.05) is 23.7 Å². The maximum Gasteiger partial charge on any atom is 0.0946 e. The fourth-order valence-electron chi connectivity index (χ4n) is 2.63. The Kier molecular flexibility index (Phi) is 3.42. The molecule has 0 N–H and O–H groups in total. The van der Waals surface area contributed by atoms with E-state index in [2.05, 4.69) is 28.3 Å². The molecule has 19 heavy (non-hydrogen) atoms. The highest BCUT2D eigenvalue weighted by Crippen LogP contribution is 2.49. The van der Waals surface area contributed by atoms with E-state index >= 15 is 0 Å². The molecule has 0 bridgehead atoms. The van der Waals surface area contributed by atoms with Crippen molar-refractivity contribution in [2.24, 2.45) is 0 Å². The van der Waals surface area contributed by atoms with Gasteiger partial charge < -0.3 is 4.57 Å². The predicted molar refractivity (Wildman–Crippen MR) is 80.8 cm³/mol. The molecule has 1 aliphatic heterocycles. The lowest BCUT2D eigenvalue weighted by Crippen LogP contribution is -2.29. The first kappa shape index (κ1) is 12.8. The number of allylic oxidation sites excluding steroid dienone is 1. The first-order valence-corrected chi connectivity index (χ1v) is 7.44. The van der Waals surface area contributed by atoms with Crippen molar-refractivity contribution in [3.63, 3.8) is 0 Å². The number of aromatic nitrogens is 2. The van der Waals surface area contributed by atoms with Gasteiger partial charge in [0.05, 0.1) is 6.33 Å². The highest BCUT2D eigenvalue weighted by atomic mass is 35.5. The second kappa shape index (κ2) is 5.06. The van der Waals surface area contributed by atoms with Gasteiger partial charge in [0.25, 0.3) is 0 Å². The summed E-state index contributed by atoms with van der Waals surface area (Å²) in [5.74, 6) is 0. The molecule has 1 aromatic heterocycles. The highest BCUT2D eigenvalue weighted by Gasteiger charge is 2.37. The number of fused-ring (bicyclic) bond motifs is 1. The zero-order valence-electron chi connectivity index (χ0n) is 10.6. The number of halogens is 1. The third-order valence-corrected chi connectivity index (χ3v) is 5.12. The minimum absolute atomic E-state index is 0.134. The van der Waals surface area contributed by atoms with Crippen molar-refractivity contribution in [3.8, 4) is 0 Å². The zero-order valence-corrected chi connectivity index (χ0v) is 12.1. The summed E-state index contributed by atoms with van der Waals surface area (Å²) in [5.41, 5.74) is 1.39. The van der Waals surface area contributed by atoms with Crippen LogP contribution in [-0.2, 0) is 13.0 Å². The van der Waals surface area contributed by atoms with Crippen LogP contribution in [0.2, 0.25) is 5.02 Å². The molecule has 3 rings (SSSR count). The van der Waals surface area contributed by atoms with Gasteiger partial charge in [-0.2, -0.15) is 0 Å². The molecule has 0 saturated heterocycles. The van der Waals surface area contributed by atoms with Gasteiger partial charge in [-0.25, -0.2) is 4.98 Å². The maximum absolute atomic E-state index is 6.09. The Labute approximate surface area is 122 Å². The lowest BCUT2D eigenvalue weighted by molar-refractivity contribution is 0.500. The number of hydrogen-bond donors (Lipinski definition) is 0. The van der Waals surface area contributed by atoms with Gasteiger partial charge in [-0.05, 0) is 30.5 Å². The molecule has 1 aromatic carbocycles. The van der Waals surface area contributed by atoms with E-state index in [4.69, 9.17) is 11.6 Å². The molecule has 0 radical (unpaired) electrons. The van der Waals surface area contributed by atoms with Crippen LogP contribution in [0.5, 0.6) is 0 Å². The molecule has 0 aliphatic carbocycles. The van der Waals surface area contributed by atoms with E-state index in [1.54, 1.807) is 0 Å². The third kappa shape index (κ3) is 2.58. The normalized spacial score (nSPS) is 21.3. The van der Waals surface area contributed by atoms with Crippen LogP contribution >= 0.6 is 23.4 Å². The van der Waals surface area contributed by atoms with Crippen LogP contribution in [-0.4, -0.2) is 14.3 Å². The molecule has 1 unspecified atom stereocenters. The van der Waals surface area contributed by atoms with Gasteiger partial charge in [0, 0.05) is 33.6 Å². The van der Waals surface area contributed by atoms with Gasteiger partial charge in [0.15, 0.2) is 0 Å². The number of imidazole rings is 1. The van der Waals surface area contributed by atoms with Crippen molar-refractivity contribution in [3.05, 3.63) is 60.2 Å². The fourth-order valence-corrected chi connectivity index (χ4v) is 4.43. The second-order valence-corrected chi connectivity index (χ2v) is 6.89. The summed E-state index contributed by atoms with van der Waals surface area (Å²) in [6, 6.07) is 6.19. The van der Waals surface area contributed by atoms with E-state index in [1.165, 1.54) is 10.5 Å². The number of nitrogens with zero attached hydrogens (tertiary/aromatic N) is 2. The molecule has 0 saturated carbocycles. The van der Waals surface area contributed by atoms with Crippen LogP contribution in [0.4, 0.5) is 0 Å². The van der Waals surface area contributed by atoms with Crippen molar-refractivity contribution in [2.75, 3.05) is 0 Å². The minimum atomic E-state index is 0.134. The van der Waals surface area contributed by atoms with E-state index in [-0.39, 0.29) is 4.75 Å². The smallest absolute Gasteiger partial charge is 0.0946 e. The lowest BCUT2D eigenvalue weighted by atomic mass is 9.95. The second-order valence-electron chi connectivity index (χ2n) is 4.94. The SMILES string of the molecule is C=CCC1(Cn2ccnc2)Cc2ccc(Cl)cc2S1. The lowest BCUT2D eigenvalue weighted by Gasteiger charge is -2.27. The fraction of sp³-hybridized carbons (Fsp3) is 0.267. The topological polar surface area (TPSA) is 17.8 Å². The van der Waals surface area contributed by atoms with Crippen LogP contribution in [0.1, 0.15) is 12.0 Å². The summed E-state index contributed by atoms with van der Waals surface area (Å²) in [5, 5.41) is 0.809. The van der Waals surface area contributed by atoms with Crippen molar-refractivity contribution >= 4 is 23.4 Å². The van der Waals surface area contributed by atoms with Crippen molar-refractivity contribution in [1.29, 1.82) is 0 Å². The van der Waals surface area contributed by atoms with E-state index in [1.807, 2.05) is 42.6 Å². The summed E-state index contributed by atoms with van der Waals surface area (Å²) in [7, 11) is 0. The molecule has 2 heterocycles. The van der Waals surface area contributed by atoms with E-state index in [9.17, 15) is 0 Å². The zero-order chi connectivity index (χ0) is 13.3. The third-order valence-electron chi connectivity index (χ3n) is 3.41. The molecule has 0 fully saturated rings. The van der Waals surface area contributed by atoms with Gasteiger partial charge in [-0.3, -0.25) is 0 Å². The van der Waals surface area contributed by atoms with Crippen molar-refractivity contribution in [2.45, 2.75) is 29.0 Å². The Morgan fingerprint density at radius 3 is 3.16 bits per heavy atom. The molecule has 0 spiro atoms. The Morgan fingerprint density at radius 2 is 2.42 bits per heavy atom. The van der Waals surface area contributed by atoms with E-state index in [0.29, 0.717) is 0 Å². The highest BCUT2D eigenvalue weighted by molar-refractivity contribution is 8.01. The number of benzene rings is 1. The summed E-state index contributed by atoms with van der Waals surface area (Å²) < 4.78 is 2.28. The van der Waals surface area contributed by atoms with Crippen LogP contribution in [0.15, 0.2) is 54.5 Å². The van der Waals surface area contributed by atoms with Gasteiger partial charge in [0.2, 0.25) is 0 Å². The molecular weight excluding hydrogens is 276 g/mol. The molecule has 2 nitrogen and oxygen atoms in total. The molecule has 98 valence electrons. The average Bonchev–Trinajstić information content (AvgIpc) is 2.96. The Morgan fingerprint density at radius 1 is 1.53 bits per heavy atom. The van der Waals surface area contributed by atoms with Crippen LogP contribution in [0, 0.1) is 0 Å². The Balaban J connectivity index is 1.90. The maximum atomic E-state index is 6.09. The molecular formula is C15H15ClN2S. The summed E-state index contributed by atoms with van der Waals surface area (Å²) in [6.45, 7) is 4.86. The minimum Gasteiger partial charge on any atom is -0.336 e. The van der Waals surface area contributed by atoms with Gasteiger partial charge in [-0.15, -0.1) is 18.3 Å². The molecule has 1 aliphatic rings. The van der Waals surface area contributed by atoms with E-state index < -0.39 is 0 Å². The van der Waals surface area contributed by atoms with Crippen LogP contribution in [0.3, 0.4) is 0 Å². The van der Waals surface area contributed by atoms with Crippen molar-refractivity contribution in [1.82, 2.24) is 9.55 Å². The first-order valence-electron chi connectivity index (χ1n) is 6.25. The molecule has 0 amide bonds. The largest absolute Gasteiger partial charge is 0.336 e. The van der Waals surface area contributed by atoms with Crippen molar-refractivity contribution < 1.29 is 0 Å². The molecule has 1 atom stereocenters. The van der Waals surface area contributed by atoms with Gasteiger partial charge in [0.1, 0.15) is 0 Å². The van der Waals surface area contributed by atoms with Crippen LogP contribution in [0.25, 0.3) is 0 Å². The van der Waals surface area contributed by atoms with E-state index in [0.717, 1.165) is 24.4 Å². The van der Waals surface area contributed by atoms with Crippen LogP contribution < -0.4 is 0 Å². The molecule has 4 heteroatoms. The summed E-state index contributed by atoms with van der Waals surface area (Å²) in [6.07, 6.45) is 9.75. The Bertz CT molecular complexity index is 594. The summed E-state index contributed by atoms with van der Waals surface area (Å²) >= 11 is 8.00. The Hall–Kier alpha value is -1.19. The quantitative estimate of drug-likeness (QED) is 0.786. The monoisotopic (exact) mass is 290 g/mol. The number of hydrogen-bond acceptors (Lipinski definition) is 2. The standard InChI is InChI=1S/C15H15ClN2S/c1-2-5-15(10-18-7-6-17-11-18)9-12-3-4-13(16)8-14(12)19-15/h2-4,6-8,11H,1,5,9-10H2. The number of thioether (sulfide) groups is 1. The predicted octanol–water partition coefficient (Wildman–Crippen LogP) is 4.20. The van der Waals surface area contributed by atoms with Gasteiger partial charge >= 0.3 is 0 Å².